The van der Waals surface area contributed by atoms with Crippen LogP contribution >= 0.6 is 11.3 Å². The largest absolute Gasteiger partial charge is 0.325 e. The number of thiazole rings is 1. The molecule has 0 bridgehead atoms. The van der Waals surface area contributed by atoms with Crippen molar-refractivity contribution in [3.63, 3.8) is 0 Å². The van der Waals surface area contributed by atoms with Gasteiger partial charge in [0.05, 0.1) is 12.2 Å². The number of benzene rings is 2. The van der Waals surface area contributed by atoms with Gasteiger partial charge in [0, 0.05) is 49.4 Å². The first-order chi connectivity index (χ1) is 14.2. The van der Waals surface area contributed by atoms with Crippen LogP contribution in [0.2, 0.25) is 0 Å². The number of piperazine rings is 1. The van der Waals surface area contributed by atoms with Crippen LogP contribution in [0.15, 0.2) is 60.0 Å². The fourth-order valence-electron chi connectivity index (χ4n) is 3.47. The van der Waals surface area contributed by atoms with E-state index in [1.165, 1.54) is 11.1 Å². The van der Waals surface area contributed by atoms with Crippen LogP contribution in [0.1, 0.15) is 11.3 Å². The van der Waals surface area contributed by atoms with Gasteiger partial charge < -0.3 is 5.32 Å². The topological polar surface area (TPSA) is 48.5 Å². The zero-order chi connectivity index (χ0) is 20.1. The van der Waals surface area contributed by atoms with E-state index in [1.54, 1.807) is 11.3 Å². The van der Waals surface area contributed by atoms with Gasteiger partial charge in [-0.15, -0.1) is 11.3 Å². The van der Waals surface area contributed by atoms with Gasteiger partial charge >= 0.3 is 0 Å². The number of nitrogens with zero attached hydrogens (tertiary/aromatic N) is 3. The van der Waals surface area contributed by atoms with Gasteiger partial charge in [-0.05, 0) is 19.1 Å². The average molecular weight is 407 g/mol. The summed E-state index contributed by atoms with van der Waals surface area (Å²) in [6, 6.07) is 18.2. The first-order valence-electron chi connectivity index (χ1n) is 9.97. The zero-order valence-corrected chi connectivity index (χ0v) is 17.5. The molecular formula is C23H26N4OS. The van der Waals surface area contributed by atoms with Gasteiger partial charge in [0.2, 0.25) is 5.91 Å². The lowest BCUT2D eigenvalue weighted by molar-refractivity contribution is -0.117. The first-order valence-corrected chi connectivity index (χ1v) is 10.8. The molecule has 2 heterocycles. The van der Waals surface area contributed by atoms with Crippen LogP contribution in [-0.2, 0) is 11.3 Å². The van der Waals surface area contributed by atoms with Crippen molar-refractivity contribution in [1.82, 2.24) is 14.8 Å². The van der Waals surface area contributed by atoms with Crippen LogP contribution < -0.4 is 5.32 Å². The smallest absolute Gasteiger partial charge is 0.238 e. The summed E-state index contributed by atoms with van der Waals surface area (Å²) in [6.45, 7) is 7.12. The Morgan fingerprint density at radius 2 is 1.69 bits per heavy atom. The Morgan fingerprint density at radius 3 is 2.41 bits per heavy atom. The summed E-state index contributed by atoms with van der Waals surface area (Å²) in [7, 11) is 0. The molecule has 1 N–H and O–H groups in total. The summed E-state index contributed by atoms with van der Waals surface area (Å²) >= 11 is 1.71. The molecule has 2 aromatic carbocycles. The summed E-state index contributed by atoms with van der Waals surface area (Å²) in [5, 5.41) is 6.20. The number of carbonyl (C=O) groups excluding carboxylic acids is 1. The molecule has 0 aliphatic carbocycles. The second-order valence-corrected chi connectivity index (χ2v) is 8.33. The van der Waals surface area contributed by atoms with E-state index in [4.69, 9.17) is 4.98 Å². The van der Waals surface area contributed by atoms with Gasteiger partial charge in [0.15, 0.2) is 0 Å². The van der Waals surface area contributed by atoms with Crippen LogP contribution in [0.25, 0.3) is 10.6 Å². The summed E-state index contributed by atoms with van der Waals surface area (Å²) in [4.78, 5) is 21.7. The van der Waals surface area contributed by atoms with Crippen molar-refractivity contribution >= 4 is 22.9 Å². The molecule has 29 heavy (non-hydrogen) atoms. The number of nitrogens with one attached hydrogen (secondary N) is 1. The average Bonchev–Trinajstić information content (AvgIpc) is 3.19. The molecule has 0 saturated carbocycles. The molecule has 0 radical (unpaired) electrons. The number of anilines is 1. The maximum absolute atomic E-state index is 12.2. The predicted octanol–water partition coefficient (Wildman–Crippen LogP) is 3.87. The molecular weight excluding hydrogens is 380 g/mol. The lowest BCUT2D eigenvalue weighted by Crippen LogP contribution is -2.48. The molecule has 1 aliphatic heterocycles. The molecule has 1 fully saturated rings. The fourth-order valence-corrected chi connectivity index (χ4v) is 4.29. The molecule has 1 saturated heterocycles. The minimum atomic E-state index is 0.0480. The summed E-state index contributed by atoms with van der Waals surface area (Å²) in [6.07, 6.45) is 0. The molecule has 4 rings (SSSR count). The normalized spacial score (nSPS) is 15.3. The summed E-state index contributed by atoms with van der Waals surface area (Å²) in [5.74, 6) is 0.0480. The highest BCUT2D eigenvalue weighted by atomic mass is 32.1. The Kier molecular flexibility index (Phi) is 6.34. The van der Waals surface area contributed by atoms with Crippen molar-refractivity contribution in [2.45, 2.75) is 13.5 Å². The van der Waals surface area contributed by atoms with Crippen molar-refractivity contribution in [2.24, 2.45) is 0 Å². The number of aryl methyl sites for hydroxylation is 1. The van der Waals surface area contributed by atoms with E-state index >= 15 is 0 Å². The van der Waals surface area contributed by atoms with Gasteiger partial charge in [-0.1, -0.05) is 48.0 Å². The molecule has 0 atom stereocenters. The standard InChI is InChI=1S/C23H26N4OS/c1-18-7-9-19(10-8-18)23-25-21(17-29-23)15-26-11-13-27(14-12-26)16-22(28)24-20-5-3-2-4-6-20/h2-10,17H,11-16H2,1H3,(H,24,28). The number of carbonyl (C=O) groups is 1. The van der Waals surface area contributed by atoms with Gasteiger partial charge in [-0.25, -0.2) is 4.98 Å². The molecule has 6 heteroatoms. The molecule has 1 aromatic heterocycles. The zero-order valence-electron chi connectivity index (χ0n) is 16.7. The lowest BCUT2D eigenvalue weighted by Gasteiger charge is -2.33. The maximum atomic E-state index is 12.2. The van der Waals surface area contributed by atoms with Crippen LogP contribution in [0.4, 0.5) is 5.69 Å². The van der Waals surface area contributed by atoms with Gasteiger partial charge in [0.25, 0.3) is 0 Å². The second kappa shape index (κ2) is 9.31. The van der Waals surface area contributed by atoms with Crippen LogP contribution in [0, 0.1) is 6.92 Å². The lowest BCUT2D eigenvalue weighted by atomic mass is 10.2. The SMILES string of the molecule is Cc1ccc(-c2nc(CN3CCN(CC(=O)Nc4ccccc4)CC3)cs2)cc1. The van der Waals surface area contributed by atoms with Crippen molar-refractivity contribution < 1.29 is 4.79 Å². The second-order valence-electron chi connectivity index (χ2n) is 7.48. The molecule has 1 amide bonds. The van der Waals surface area contributed by atoms with E-state index in [9.17, 15) is 4.79 Å². The van der Waals surface area contributed by atoms with E-state index in [0.717, 1.165) is 49.1 Å². The van der Waals surface area contributed by atoms with E-state index in [-0.39, 0.29) is 5.91 Å². The molecule has 1 aliphatic rings. The Hall–Kier alpha value is -2.54. The molecule has 0 unspecified atom stereocenters. The van der Waals surface area contributed by atoms with Crippen LogP contribution in [0.5, 0.6) is 0 Å². The van der Waals surface area contributed by atoms with Crippen LogP contribution in [-0.4, -0.2) is 53.4 Å². The minimum Gasteiger partial charge on any atom is -0.325 e. The predicted molar refractivity (Wildman–Crippen MR) is 119 cm³/mol. The quantitative estimate of drug-likeness (QED) is 0.675. The molecule has 5 nitrogen and oxygen atoms in total. The number of hydrogen-bond donors (Lipinski definition) is 1. The monoisotopic (exact) mass is 406 g/mol. The van der Waals surface area contributed by atoms with Gasteiger partial charge in [-0.2, -0.15) is 0 Å². The summed E-state index contributed by atoms with van der Waals surface area (Å²) in [5.41, 5.74) is 4.42. The number of amides is 1. The van der Waals surface area contributed by atoms with Crippen molar-refractivity contribution in [3.8, 4) is 10.6 Å². The molecule has 150 valence electrons. The highest BCUT2D eigenvalue weighted by Gasteiger charge is 2.20. The fraction of sp³-hybridized carbons (Fsp3) is 0.304. The van der Waals surface area contributed by atoms with E-state index in [2.05, 4.69) is 51.7 Å². The maximum Gasteiger partial charge on any atom is 0.238 e. The first kappa shape index (κ1) is 19.8. The summed E-state index contributed by atoms with van der Waals surface area (Å²) < 4.78 is 0. The minimum absolute atomic E-state index is 0.0480. The number of hydrogen-bond acceptors (Lipinski definition) is 5. The van der Waals surface area contributed by atoms with E-state index in [0.29, 0.717) is 6.54 Å². The third kappa shape index (κ3) is 5.50. The van der Waals surface area contributed by atoms with Gasteiger partial charge in [-0.3, -0.25) is 14.6 Å². The van der Waals surface area contributed by atoms with E-state index in [1.807, 2.05) is 30.3 Å². The Labute approximate surface area is 176 Å². The number of aromatic nitrogens is 1. The third-order valence-corrected chi connectivity index (χ3v) is 6.07. The highest BCUT2D eigenvalue weighted by Crippen LogP contribution is 2.24. The highest BCUT2D eigenvalue weighted by molar-refractivity contribution is 7.13. The van der Waals surface area contributed by atoms with Crippen molar-refractivity contribution in [2.75, 3.05) is 38.0 Å². The Bertz CT molecular complexity index is 931. The van der Waals surface area contributed by atoms with E-state index < -0.39 is 0 Å². The number of rotatable bonds is 6. The van der Waals surface area contributed by atoms with Crippen molar-refractivity contribution in [1.29, 1.82) is 0 Å². The Balaban J connectivity index is 1.24. The molecule has 0 spiro atoms. The van der Waals surface area contributed by atoms with Gasteiger partial charge in [0.1, 0.15) is 5.01 Å². The number of para-hydroxylation sites is 1. The van der Waals surface area contributed by atoms with Crippen LogP contribution in [0.3, 0.4) is 0 Å². The van der Waals surface area contributed by atoms with Crippen molar-refractivity contribution in [3.05, 3.63) is 71.2 Å². The Morgan fingerprint density at radius 1 is 1.00 bits per heavy atom. The third-order valence-electron chi connectivity index (χ3n) is 5.13. The molecule has 3 aromatic rings.